The van der Waals surface area contributed by atoms with Gasteiger partial charge in [0.1, 0.15) is 16.5 Å². The summed E-state index contributed by atoms with van der Waals surface area (Å²) in [5.74, 6) is 2.12. The predicted molar refractivity (Wildman–Crippen MR) is 114 cm³/mol. The number of nitrogens with zero attached hydrogens (tertiary/aromatic N) is 3. The molecule has 0 radical (unpaired) electrons. The van der Waals surface area contributed by atoms with Gasteiger partial charge in [0, 0.05) is 29.6 Å². The minimum absolute atomic E-state index is 0.0584. The van der Waals surface area contributed by atoms with E-state index in [4.69, 9.17) is 9.97 Å². The molecule has 0 unspecified atom stereocenters. The summed E-state index contributed by atoms with van der Waals surface area (Å²) >= 11 is 1.84. The highest BCUT2D eigenvalue weighted by Gasteiger charge is 2.29. The number of aryl methyl sites for hydroxylation is 3. The molecule has 1 amide bonds. The van der Waals surface area contributed by atoms with Gasteiger partial charge in [0.25, 0.3) is 0 Å². The van der Waals surface area contributed by atoms with Crippen molar-refractivity contribution in [3.63, 3.8) is 0 Å². The number of hydrogen-bond donors (Lipinski definition) is 1. The average molecular weight is 393 g/mol. The first-order valence-corrected chi connectivity index (χ1v) is 10.9. The normalized spacial score (nSPS) is 17.1. The minimum atomic E-state index is 0.0584. The number of amides is 1. The number of rotatable bonds is 3. The van der Waals surface area contributed by atoms with Crippen LogP contribution in [0.1, 0.15) is 35.5 Å². The number of carbonyl (C=O) groups is 1. The molecule has 28 heavy (non-hydrogen) atoms. The van der Waals surface area contributed by atoms with Crippen molar-refractivity contribution in [1.29, 1.82) is 0 Å². The van der Waals surface area contributed by atoms with Gasteiger partial charge in [-0.3, -0.25) is 4.79 Å². The Morgan fingerprint density at radius 1 is 1.14 bits per heavy atom. The molecule has 1 aromatic carbocycles. The number of piperidine rings is 1. The van der Waals surface area contributed by atoms with Crippen LogP contribution in [0.2, 0.25) is 0 Å². The topological polar surface area (TPSA) is 58.1 Å². The largest absolute Gasteiger partial charge is 0.356 e. The first kappa shape index (κ1) is 17.6. The fourth-order valence-electron chi connectivity index (χ4n) is 4.43. The smallest absolute Gasteiger partial charge is 0.227 e. The average Bonchev–Trinajstić information content (AvgIpc) is 3.29. The van der Waals surface area contributed by atoms with Gasteiger partial charge in [0.05, 0.1) is 5.39 Å². The molecule has 1 N–H and O–H groups in total. The summed E-state index contributed by atoms with van der Waals surface area (Å²) in [6, 6.07) is 9.72. The van der Waals surface area contributed by atoms with Crippen molar-refractivity contribution in [3.8, 4) is 0 Å². The lowest BCUT2D eigenvalue weighted by Gasteiger charge is -2.32. The van der Waals surface area contributed by atoms with E-state index in [1.165, 1.54) is 28.7 Å². The maximum Gasteiger partial charge on any atom is 0.227 e. The number of hydrogen-bond acceptors (Lipinski definition) is 5. The number of thiophene rings is 1. The molecule has 3 aromatic rings. The molecule has 5 rings (SSSR count). The van der Waals surface area contributed by atoms with Crippen LogP contribution in [0.15, 0.2) is 30.3 Å². The van der Waals surface area contributed by atoms with E-state index in [9.17, 15) is 4.79 Å². The van der Waals surface area contributed by atoms with Crippen molar-refractivity contribution in [1.82, 2.24) is 9.97 Å². The van der Waals surface area contributed by atoms with Crippen LogP contribution in [0.25, 0.3) is 10.2 Å². The Morgan fingerprint density at radius 3 is 2.71 bits per heavy atom. The number of nitrogens with one attached hydrogen (secondary N) is 1. The Balaban J connectivity index is 1.34. The lowest BCUT2D eigenvalue weighted by molar-refractivity contribution is -0.120. The van der Waals surface area contributed by atoms with Crippen molar-refractivity contribution in [2.24, 2.45) is 5.92 Å². The van der Waals surface area contributed by atoms with Gasteiger partial charge in [0.2, 0.25) is 5.91 Å². The maximum absolute atomic E-state index is 12.6. The van der Waals surface area contributed by atoms with Crippen LogP contribution in [0.4, 0.5) is 11.5 Å². The quantitative estimate of drug-likeness (QED) is 0.720. The second-order valence-corrected chi connectivity index (χ2v) is 8.83. The van der Waals surface area contributed by atoms with Crippen LogP contribution in [0, 0.1) is 12.8 Å². The molecule has 1 fully saturated rings. The van der Waals surface area contributed by atoms with Gasteiger partial charge in [-0.15, -0.1) is 11.3 Å². The Morgan fingerprint density at radius 2 is 1.93 bits per heavy atom. The highest BCUT2D eigenvalue weighted by atomic mass is 32.1. The summed E-state index contributed by atoms with van der Waals surface area (Å²) in [7, 11) is 0. The summed E-state index contributed by atoms with van der Waals surface area (Å²) in [6.07, 6.45) is 5.28. The second kappa shape index (κ2) is 7.17. The van der Waals surface area contributed by atoms with Gasteiger partial charge in [-0.1, -0.05) is 18.2 Å². The molecular formula is C22H24N4OS. The first-order chi connectivity index (χ1) is 13.7. The highest BCUT2D eigenvalue weighted by molar-refractivity contribution is 7.19. The van der Waals surface area contributed by atoms with Gasteiger partial charge < -0.3 is 10.2 Å². The monoisotopic (exact) mass is 392 g/mol. The van der Waals surface area contributed by atoms with Crippen LogP contribution in [0.3, 0.4) is 0 Å². The van der Waals surface area contributed by atoms with Gasteiger partial charge in [-0.05, 0) is 56.7 Å². The van der Waals surface area contributed by atoms with Gasteiger partial charge in [-0.2, -0.15) is 0 Å². The molecule has 0 saturated carbocycles. The summed E-state index contributed by atoms with van der Waals surface area (Å²) in [4.78, 5) is 27.2. The zero-order valence-electron chi connectivity index (χ0n) is 16.1. The Bertz CT molecular complexity index is 1020. The van der Waals surface area contributed by atoms with E-state index in [0.29, 0.717) is 0 Å². The molecule has 1 aliphatic carbocycles. The summed E-state index contributed by atoms with van der Waals surface area (Å²) < 4.78 is 0. The molecule has 3 heterocycles. The second-order valence-electron chi connectivity index (χ2n) is 7.75. The molecule has 2 aromatic heterocycles. The molecular weight excluding hydrogens is 368 g/mol. The Labute approximate surface area is 168 Å². The van der Waals surface area contributed by atoms with Crippen LogP contribution >= 0.6 is 11.3 Å². The number of fused-ring (bicyclic) bond motifs is 3. The van der Waals surface area contributed by atoms with Crippen molar-refractivity contribution in [3.05, 3.63) is 46.6 Å². The van der Waals surface area contributed by atoms with Crippen molar-refractivity contribution in [2.45, 2.75) is 39.0 Å². The highest BCUT2D eigenvalue weighted by Crippen LogP contribution is 2.41. The lowest BCUT2D eigenvalue weighted by atomic mass is 9.95. The third-order valence-electron chi connectivity index (χ3n) is 5.86. The molecule has 0 bridgehead atoms. The fourth-order valence-corrected chi connectivity index (χ4v) is 5.73. The number of aromatic nitrogens is 2. The third kappa shape index (κ3) is 3.15. The predicted octanol–water partition coefficient (Wildman–Crippen LogP) is 4.34. The zero-order valence-corrected chi connectivity index (χ0v) is 16.9. The van der Waals surface area contributed by atoms with E-state index in [2.05, 4.69) is 10.2 Å². The summed E-state index contributed by atoms with van der Waals surface area (Å²) in [6.45, 7) is 3.71. The molecule has 0 atom stereocenters. The number of benzene rings is 1. The van der Waals surface area contributed by atoms with E-state index >= 15 is 0 Å². The zero-order chi connectivity index (χ0) is 19.1. The Hall–Kier alpha value is -2.47. The van der Waals surface area contributed by atoms with E-state index in [1.807, 2.05) is 48.6 Å². The number of carbonyl (C=O) groups excluding carboxylic acids is 1. The van der Waals surface area contributed by atoms with Gasteiger partial charge in [0.15, 0.2) is 0 Å². The molecule has 0 spiro atoms. The SMILES string of the molecule is Cc1nc(N2CCC(C(=O)Nc3ccccc3)CC2)c2c3c(sc2n1)CCC3. The van der Waals surface area contributed by atoms with Crippen molar-refractivity contribution < 1.29 is 4.79 Å². The van der Waals surface area contributed by atoms with Crippen LogP contribution in [-0.4, -0.2) is 29.0 Å². The molecule has 144 valence electrons. The molecule has 1 saturated heterocycles. The van der Waals surface area contributed by atoms with Gasteiger partial charge >= 0.3 is 0 Å². The minimum Gasteiger partial charge on any atom is -0.356 e. The van der Waals surface area contributed by atoms with E-state index in [1.54, 1.807) is 0 Å². The summed E-state index contributed by atoms with van der Waals surface area (Å²) in [5, 5.41) is 4.33. The summed E-state index contributed by atoms with van der Waals surface area (Å²) in [5.41, 5.74) is 2.34. The van der Waals surface area contributed by atoms with Crippen molar-refractivity contribution in [2.75, 3.05) is 23.3 Å². The Kier molecular flexibility index (Phi) is 4.51. The maximum atomic E-state index is 12.6. The van der Waals surface area contributed by atoms with Crippen LogP contribution < -0.4 is 10.2 Å². The third-order valence-corrected chi connectivity index (χ3v) is 7.05. The van der Waals surface area contributed by atoms with E-state index in [0.717, 1.165) is 54.5 Å². The van der Waals surface area contributed by atoms with Gasteiger partial charge in [-0.25, -0.2) is 9.97 Å². The lowest BCUT2D eigenvalue weighted by Crippen LogP contribution is -2.38. The van der Waals surface area contributed by atoms with Crippen molar-refractivity contribution >= 4 is 39.0 Å². The van der Waals surface area contributed by atoms with Crippen LogP contribution in [-0.2, 0) is 17.6 Å². The van der Waals surface area contributed by atoms with E-state index < -0.39 is 0 Å². The standard InChI is InChI=1S/C22H24N4OS/c1-14-23-20(19-17-8-5-9-18(17)28-22(19)24-14)26-12-10-15(11-13-26)21(27)25-16-6-3-2-4-7-16/h2-4,6-7,15H,5,8-13H2,1H3,(H,25,27). The molecule has 5 nitrogen and oxygen atoms in total. The fraction of sp³-hybridized carbons (Fsp3) is 0.409. The molecule has 1 aliphatic heterocycles. The molecule has 2 aliphatic rings. The number of anilines is 2. The van der Waals surface area contributed by atoms with E-state index in [-0.39, 0.29) is 11.8 Å². The first-order valence-electron chi connectivity index (χ1n) is 10.1. The number of para-hydroxylation sites is 1. The molecule has 6 heteroatoms. The van der Waals surface area contributed by atoms with Crippen LogP contribution in [0.5, 0.6) is 0 Å².